The summed E-state index contributed by atoms with van der Waals surface area (Å²) in [4.78, 5) is 6.74. The first-order valence-corrected chi connectivity index (χ1v) is 9.76. The third-order valence-electron chi connectivity index (χ3n) is 4.84. The predicted octanol–water partition coefficient (Wildman–Crippen LogP) is 2.39. The highest BCUT2D eigenvalue weighted by atomic mass is 16.5. The largest absolute Gasteiger partial charge is 0.377 e. The molecule has 2 unspecified atom stereocenters. The number of ether oxygens (including phenoxy) is 2. The van der Waals surface area contributed by atoms with Crippen LogP contribution < -0.4 is 10.6 Å². The van der Waals surface area contributed by atoms with Crippen molar-refractivity contribution >= 4 is 5.96 Å². The highest BCUT2D eigenvalue weighted by molar-refractivity contribution is 5.79. The van der Waals surface area contributed by atoms with E-state index in [-0.39, 0.29) is 5.60 Å². The van der Waals surface area contributed by atoms with E-state index in [1.165, 1.54) is 11.1 Å². The SMILES string of the molecule is CN=C(NCc1ccc(CN2CC(C)OC(C)C2)cc1)NCC(C)(C)OC. The molecule has 0 aliphatic carbocycles. The smallest absolute Gasteiger partial charge is 0.191 e. The predicted molar refractivity (Wildman–Crippen MR) is 111 cm³/mol. The lowest BCUT2D eigenvalue weighted by atomic mass is 10.1. The molecule has 1 saturated heterocycles. The van der Waals surface area contributed by atoms with Crippen molar-refractivity contribution in [2.75, 3.05) is 33.8 Å². The fraction of sp³-hybridized carbons (Fsp3) is 0.667. The fourth-order valence-corrected chi connectivity index (χ4v) is 3.21. The highest BCUT2D eigenvalue weighted by Crippen LogP contribution is 2.14. The quantitative estimate of drug-likeness (QED) is 0.565. The Balaban J connectivity index is 1.81. The van der Waals surface area contributed by atoms with Gasteiger partial charge in [-0.2, -0.15) is 0 Å². The van der Waals surface area contributed by atoms with Gasteiger partial charge in [0, 0.05) is 46.9 Å². The van der Waals surface area contributed by atoms with E-state index in [9.17, 15) is 0 Å². The van der Waals surface area contributed by atoms with Gasteiger partial charge in [-0.05, 0) is 38.8 Å². The van der Waals surface area contributed by atoms with Gasteiger partial charge in [0.15, 0.2) is 5.96 Å². The Bertz CT molecular complexity index is 591. The van der Waals surface area contributed by atoms with Crippen LogP contribution in [0.1, 0.15) is 38.8 Å². The molecule has 0 spiro atoms. The lowest BCUT2D eigenvalue weighted by molar-refractivity contribution is -0.0704. The Labute approximate surface area is 164 Å². The first kappa shape index (κ1) is 21.7. The zero-order valence-corrected chi connectivity index (χ0v) is 17.7. The van der Waals surface area contributed by atoms with E-state index in [1.807, 2.05) is 13.8 Å². The maximum Gasteiger partial charge on any atom is 0.191 e. The monoisotopic (exact) mass is 376 g/mol. The molecule has 27 heavy (non-hydrogen) atoms. The molecule has 0 aromatic heterocycles. The molecule has 2 N–H and O–H groups in total. The van der Waals surface area contributed by atoms with Gasteiger partial charge in [-0.25, -0.2) is 0 Å². The molecule has 0 amide bonds. The van der Waals surface area contributed by atoms with Crippen LogP contribution in [0.5, 0.6) is 0 Å². The minimum Gasteiger partial charge on any atom is -0.377 e. The Morgan fingerprint density at radius 3 is 2.30 bits per heavy atom. The van der Waals surface area contributed by atoms with Crippen LogP contribution in [0.25, 0.3) is 0 Å². The van der Waals surface area contributed by atoms with Crippen LogP contribution in [-0.2, 0) is 22.6 Å². The molecule has 0 radical (unpaired) electrons. The maximum absolute atomic E-state index is 5.81. The molecule has 1 aliphatic heterocycles. The van der Waals surface area contributed by atoms with Gasteiger partial charge in [-0.15, -0.1) is 0 Å². The van der Waals surface area contributed by atoms with E-state index in [0.717, 1.165) is 32.1 Å². The lowest BCUT2D eigenvalue weighted by Crippen LogP contribution is -2.45. The summed E-state index contributed by atoms with van der Waals surface area (Å²) >= 11 is 0. The van der Waals surface area contributed by atoms with Crippen LogP contribution >= 0.6 is 0 Å². The van der Waals surface area contributed by atoms with E-state index in [4.69, 9.17) is 9.47 Å². The average Bonchev–Trinajstić information content (AvgIpc) is 2.62. The minimum absolute atomic E-state index is 0.228. The van der Waals surface area contributed by atoms with Crippen LogP contribution in [0.15, 0.2) is 29.3 Å². The van der Waals surface area contributed by atoms with Crippen molar-refractivity contribution in [2.45, 2.75) is 58.6 Å². The molecule has 1 heterocycles. The van der Waals surface area contributed by atoms with E-state index in [1.54, 1.807) is 14.2 Å². The number of morpholine rings is 1. The van der Waals surface area contributed by atoms with Crippen molar-refractivity contribution in [2.24, 2.45) is 4.99 Å². The molecule has 0 saturated carbocycles. The van der Waals surface area contributed by atoms with Gasteiger partial charge < -0.3 is 20.1 Å². The van der Waals surface area contributed by atoms with E-state index >= 15 is 0 Å². The van der Waals surface area contributed by atoms with E-state index in [0.29, 0.717) is 18.8 Å². The minimum atomic E-state index is -0.228. The Kier molecular flexibility index (Phi) is 8.07. The van der Waals surface area contributed by atoms with Crippen LogP contribution in [0.3, 0.4) is 0 Å². The first-order valence-electron chi connectivity index (χ1n) is 9.76. The van der Waals surface area contributed by atoms with Crippen LogP contribution in [0, 0.1) is 0 Å². The van der Waals surface area contributed by atoms with Crippen molar-refractivity contribution in [3.05, 3.63) is 35.4 Å². The van der Waals surface area contributed by atoms with Crippen molar-refractivity contribution in [1.29, 1.82) is 0 Å². The molecule has 1 aromatic rings. The van der Waals surface area contributed by atoms with Gasteiger partial charge >= 0.3 is 0 Å². The zero-order valence-electron chi connectivity index (χ0n) is 17.7. The molecule has 2 rings (SSSR count). The summed E-state index contributed by atoms with van der Waals surface area (Å²) in [6, 6.07) is 8.79. The second-order valence-corrected chi connectivity index (χ2v) is 8.01. The topological polar surface area (TPSA) is 58.1 Å². The molecule has 1 aromatic carbocycles. The van der Waals surface area contributed by atoms with Crippen LogP contribution in [0.2, 0.25) is 0 Å². The fourth-order valence-electron chi connectivity index (χ4n) is 3.21. The number of hydrogen-bond donors (Lipinski definition) is 2. The molecule has 2 atom stereocenters. The number of methoxy groups -OCH3 is 1. The summed E-state index contributed by atoms with van der Waals surface area (Å²) in [7, 11) is 3.50. The van der Waals surface area contributed by atoms with Gasteiger partial charge in [0.2, 0.25) is 0 Å². The summed E-state index contributed by atoms with van der Waals surface area (Å²) < 4.78 is 11.2. The van der Waals surface area contributed by atoms with Crippen molar-refractivity contribution in [3.8, 4) is 0 Å². The summed E-state index contributed by atoms with van der Waals surface area (Å²) in [6.07, 6.45) is 0.610. The van der Waals surface area contributed by atoms with E-state index < -0.39 is 0 Å². The average molecular weight is 377 g/mol. The lowest BCUT2D eigenvalue weighted by Gasteiger charge is -2.35. The second kappa shape index (κ2) is 10.1. The highest BCUT2D eigenvalue weighted by Gasteiger charge is 2.22. The molecule has 6 heteroatoms. The summed E-state index contributed by atoms with van der Waals surface area (Å²) in [6.45, 7) is 12.8. The third-order valence-corrected chi connectivity index (χ3v) is 4.84. The Hall–Kier alpha value is -1.63. The number of guanidine groups is 1. The Morgan fingerprint density at radius 2 is 1.74 bits per heavy atom. The van der Waals surface area contributed by atoms with Crippen molar-refractivity contribution in [3.63, 3.8) is 0 Å². The maximum atomic E-state index is 5.81. The van der Waals surface area contributed by atoms with Crippen molar-refractivity contribution < 1.29 is 9.47 Å². The van der Waals surface area contributed by atoms with Gasteiger partial charge in [0.25, 0.3) is 0 Å². The molecular formula is C21H36N4O2. The van der Waals surface area contributed by atoms with Gasteiger partial charge in [0.05, 0.1) is 17.8 Å². The molecule has 1 fully saturated rings. The number of hydrogen-bond acceptors (Lipinski definition) is 4. The summed E-state index contributed by atoms with van der Waals surface area (Å²) in [5, 5.41) is 6.65. The molecular weight excluding hydrogens is 340 g/mol. The molecule has 152 valence electrons. The standard InChI is InChI=1S/C21H36N4O2/c1-16-12-25(13-17(2)27-16)14-19-9-7-18(8-10-19)11-23-20(22-5)24-15-21(3,4)26-6/h7-10,16-17H,11-15H2,1-6H3,(H2,22,23,24). The van der Waals surface area contributed by atoms with Gasteiger partial charge in [0.1, 0.15) is 0 Å². The summed E-state index contributed by atoms with van der Waals surface area (Å²) in [5.74, 6) is 0.778. The molecule has 0 bridgehead atoms. The van der Waals surface area contributed by atoms with Crippen LogP contribution in [-0.4, -0.2) is 62.5 Å². The number of rotatable bonds is 7. The Morgan fingerprint density at radius 1 is 1.15 bits per heavy atom. The number of nitrogens with one attached hydrogen (secondary N) is 2. The number of benzene rings is 1. The first-order chi connectivity index (χ1) is 12.8. The molecule has 6 nitrogen and oxygen atoms in total. The number of aliphatic imine (C=N–C) groups is 1. The molecule has 1 aliphatic rings. The van der Waals surface area contributed by atoms with Gasteiger partial charge in [-0.3, -0.25) is 9.89 Å². The number of nitrogens with zero attached hydrogens (tertiary/aromatic N) is 2. The zero-order chi connectivity index (χ0) is 19.9. The van der Waals surface area contributed by atoms with Crippen molar-refractivity contribution in [1.82, 2.24) is 15.5 Å². The third kappa shape index (κ3) is 7.48. The normalized spacial score (nSPS) is 21.9. The van der Waals surface area contributed by atoms with Gasteiger partial charge in [-0.1, -0.05) is 24.3 Å². The van der Waals surface area contributed by atoms with Crippen LogP contribution in [0.4, 0.5) is 0 Å². The van der Waals surface area contributed by atoms with E-state index in [2.05, 4.69) is 58.6 Å². The summed E-state index contributed by atoms with van der Waals surface area (Å²) in [5.41, 5.74) is 2.34. The second-order valence-electron chi connectivity index (χ2n) is 8.01.